The SMILES string of the molecule is CCC(=O)Nc1ccc2c(c1)OC[C@@H](C)N(Cc1ccccn1)C[C@H](C)[C@@H](OC)CN(C)C2=O. The number of nitrogens with one attached hydrogen (secondary N) is 1. The molecule has 2 amide bonds. The van der Waals surface area contributed by atoms with Crippen LogP contribution in [0, 0.1) is 5.92 Å². The van der Waals surface area contributed by atoms with Gasteiger partial charge in [-0.2, -0.15) is 0 Å². The van der Waals surface area contributed by atoms with E-state index in [1.807, 2.05) is 18.2 Å². The summed E-state index contributed by atoms with van der Waals surface area (Å²) in [5, 5.41) is 2.85. The average molecular weight is 469 g/mol. The van der Waals surface area contributed by atoms with Crippen LogP contribution in [0.2, 0.25) is 0 Å². The number of hydrogen-bond donors (Lipinski definition) is 1. The molecule has 1 aromatic carbocycles. The first-order valence-corrected chi connectivity index (χ1v) is 11.8. The first kappa shape index (κ1) is 25.6. The maximum atomic E-state index is 13.3. The van der Waals surface area contributed by atoms with Crippen LogP contribution in [0.15, 0.2) is 42.6 Å². The number of ether oxygens (including phenoxy) is 2. The molecule has 8 heteroatoms. The topological polar surface area (TPSA) is 84.0 Å². The molecule has 184 valence electrons. The van der Waals surface area contributed by atoms with Crippen molar-refractivity contribution in [2.45, 2.75) is 45.9 Å². The van der Waals surface area contributed by atoms with E-state index in [0.717, 1.165) is 12.2 Å². The summed E-state index contributed by atoms with van der Waals surface area (Å²) in [6, 6.07) is 11.2. The predicted octanol–water partition coefficient (Wildman–Crippen LogP) is 3.44. The molecule has 1 N–H and O–H groups in total. The molecule has 0 bridgehead atoms. The number of carbonyl (C=O) groups excluding carboxylic acids is 2. The van der Waals surface area contributed by atoms with Gasteiger partial charge in [-0.05, 0) is 37.1 Å². The lowest BCUT2D eigenvalue weighted by molar-refractivity contribution is -0.115. The van der Waals surface area contributed by atoms with Crippen LogP contribution >= 0.6 is 0 Å². The third-order valence-corrected chi connectivity index (χ3v) is 6.27. The summed E-state index contributed by atoms with van der Waals surface area (Å²) in [6.07, 6.45) is 2.05. The predicted molar refractivity (Wildman–Crippen MR) is 132 cm³/mol. The molecule has 0 aliphatic carbocycles. The van der Waals surface area contributed by atoms with Crippen molar-refractivity contribution in [1.29, 1.82) is 0 Å². The maximum Gasteiger partial charge on any atom is 0.257 e. The highest BCUT2D eigenvalue weighted by atomic mass is 16.5. The van der Waals surface area contributed by atoms with Crippen LogP contribution < -0.4 is 10.1 Å². The summed E-state index contributed by atoms with van der Waals surface area (Å²) >= 11 is 0. The largest absolute Gasteiger partial charge is 0.491 e. The number of fused-ring (bicyclic) bond motifs is 1. The molecule has 0 unspecified atom stereocenters. The molecule has 2 heterocycles. The van der Waals surface area contributed by atoms with E-state index in [-0.39, 0.29) is 29.9 Å². The lowest BCUT2D eigenvalue weighted by Crippen LogP contribution is -2.46. The molecule has 0 spiro atoms. The minimum Gasteiger partial charge on any atom is -0.491 e. The lowest BCUT2D eigenvalue weighted by Gasteiger charge is -2.35. The van der Waals surface area contributed by atoms with E-state index in [0.29, 0.717) is 43.1 Å². The Balaban J connectivity index is 1.94. The van der Waals surface area contributed by atoms with Crippen molar-refractivity contribution in [1.82, 2.24) is 14.8 Å². The number of likely N-dealkylation sites (N-methyl/N-ethyl adjacent to an activating group) is 1. The zero-order valence-electron chi connectivity index (χ0n) is 20.8. The lowest BCUT2D eigenvalue weighted by atomic mass is 10.0. The van der Waals surface area contributed by atoms with E-state index in [9.17, 15) is 9.59 Å². The highest BCUT2D eigenvalue weighted by Gasteiger charge is 2.28. The highest BCUT2D eigenvalue weighted by molar-refractivity contribution is 5.98. The van der Waals surface area contributed by atoms with Crippen LogP contribution in [0.5, 0.6) is 5.75 Å². The number of rotatable bonds is 5. The van der Waals surface area contributed by atoms with E-state index in [1.54, 1.807) is 50.4 Å². The van der Waals surface area contributed by atoms with Crippen molar-refractivity contribution in [3.05, 3.63) is 53.9 Å². The van der Waals surface area contributed by atoms with E-state index >= 15 is 0 Å². The Kier molecular flexibility index (Phi) is 9.01. The van der Waals surface area contributed by atoms with Gasteiger partial charge in [-0.15, -0.1) is 0 Å². The molecule has 1 aliphatic rings. The summed E-state index contributed by atoms with van der Waals surface area (Å²) < 4.78 is 12.0. The summed E-state index contributed by atoms with van der Waals surface area (Å²) in [4.78, 5) is 33.7. The molecule has 0 radical (unpaired) electrons. The minimum absolute atomic E-state index is 0.0518. The number of aromatic nitrogens is 1. The van der Waals surface area contributed by atoms with Crippen LogP contribution in [-0.2, 0) is 16.1 Å². The fourth-order valence-corrected chi connectivity index (χ4v) is 4.09. The normalized spacial score (nSPS) is 22.2. The molecule has 1 aromatic heterocycles. The molecular weight excluding hydrogens is 432 g/mol. The Labute approximate surface area is 202 Å². The van der Waals surface area contributed by atoms with Gasteiger partial charge >= 0.3 is 0 Å². The van der Waals surface area contributed by atoms with Gasteiger partial charge in [0.2, 0.25) is 5.91 Å². The van der Waals surface area contributed by atoms with E-state index in [2.05, 4.69) is 29.0 Å². The molecule has 3 atom stereocenters. The number of carbonyl (C=O) groups is 2. The molecule has 2 aromatic rings. The summed E-state index contributed by atoms with van der Waals surface area (Å²) in [5.74, 6) is 0.398. The summed E-state index contributed by atoms with van der Waals surface area (Å²) in [5.41, 5.74) is 2.05. The summed E-state index contributed by atoms with van der Waals surface area (Å²) in [6.45, 7) is 8.33. The number of anilines is 1. The van der Waals surface area contributed by atoms with Gasteiger partial charge in [0.05, 0.1) is 17.4 Å². The molecule has 34 heavy (non-hydrogen) atoms. The second-order valence-electron chi connectivity index (χ2n) is 8.96. The van der Waals surface area contributed by atoms with Gasteiger partial charge in [0.1, 0.15) is 12.4 Å². The molecule has 3 rings (SSSR count). The van der Waals surface area contributed by atoms with E-state index in [1.165, 1.54) is 0 Å². The third kappa shape index (κ3) is 6.55. The number of benzene rings is 1. The fourth-order valence-electron chi connectivity index (χ4n) is 4.09. The van der Waals surface area contributed by atoms with Gasteiger partial charge in [-0.3, -0.25) is 19.5 Å². The number of methoxy groups -OCH3 is 1. The highest BCUT2D eigenvalue weighted by Crippen LogP contribution is 2.27. The number of hydrogen-bond acceptors (Lipinski definition) is 6. The maximum absolute atomic E-state index is 13.3. The van der Waals surface area contributed by atoms with Crippen LogP contribution in [0.25, 0.3) is 0 Å². The molecule has 1 aliphatic heterocycles. The fraction of sp³-hybridized carbons (Fsp3) is 0.500. The van der Waals surface area contributed by atoms with Gasteiger partial charge in [-0.1, -0.05) is 19.9 Å². The van der Waals surface area contributed by atoms with E-state index < -0.39 is 0 Å². The Morgan fingerprint density at radius 2 is 2.03 bits per heavy atom. The Morgan fingerprint density at radius 1 is 1.24 bits per heavy atom. The minimum atomic E-state index is -0.142. The van der Waals surface area contributed by atoms with Gasteiger partial charge < -0.3 is 19.7 Å². The molecule has 0 saturated heterocycles. The zero-order valence-corrected chi connectivity index (χ0v) is 20.8. The van der Waals surface area contributed by atoms with Crippen LogP contribution in [0.1, 0.15) is 43.2 Å². The Bertz CT molecular complexity index is 969. The van der Waals surface area contributed by atoms with Gasteiger partial charge in [0, 0.05) is 64.2 Å². The molecule has 8 nitrogen and oxygen atoms in total. The van der Waals surface area contributed by atoms with Crippen molar-refractivity contribution in [2.75, 3.05) is 39.2 Å². The van der Waals surface area contributed by atoms with Gasteiger partial charge in [0.15, 0.2) is 0 Å². The van der Waals surface area contributed by atoms with Crippen molar-refractivity contribution < 1.29 is 19.1 Å². The molecule has 0 fully saturated rings. The smallest absolute Gasteiger partial charge is 0.257 e. The third-order valence-electron chi connectivity index (χ3n) is 6.27. The van der Waals surface area contributed by atoms with Gasteiger partial charge in [-0.25, -0.2) is 0 Å². The molecule has 0 saturated carbocycles. The quantitative estimate of drug-likeness (QED) is 0.724. The second-order valence-corrected chi connectivity index (χ2v) is 8.96. The standard InChI is InChI=1S/C26H36N4O4/c1-6-25(31)28-20-10-11-22-23(13-20)34-17-19(3)30(15-21-9-7-8-12-27-21)14-18(2)24(33-5)16-29(4)26(22)32/h7-13,18-19,24H,6,14-17H2,1-5H3,(H,28,31)/t18-,19+,24-/m0/s1. The first-order chi connectivity index (χ1) is 16.3. The van der Waals surface area contributed by atoms with Crippen LogP contribution in [-0.4, -0.2) is 72.6 Å². The zero-order chi connectivity index (χ0) is 24.7. The Morgan fingerprint density at radius 3 is 2.71 bits per heavy atom. The van der Waals surface area contributed by atoms with Crippen molar-refractivity contribution in [2.24, 2.45) is 5.92 Å². The number of nitrogens with zero attached hydrogens (tertiary/aromatic N) is 3. The monoisotopic (exact) mass is 468 g/mol. The van der Waals surface area contributed by atoms with Crippen LogP contribution in [0.3, 0.4) is 0 Å². The number of pyridine rings is 1. The van der Waals surface area contributed by atoms with Crippen molar-refractivity contribution >= 4 is 17.5 Å². The van der Waals surface area contributed by atoms with E-state index in [4.69, 9.17) is 9.47 Å². The summed E-state index contributed by atoms with van der Waals surface area (Å²) in [7, 11) is 3.47. The number of amides is 2. The van der Waals surface area contributed by atoms with Gasteiger partial charge in [0.25, 0.3) is 5.91 Å². The van der Waals surface area contributed by atoms with Crippen molar-refractivity contribution in [3.63, 3.8) is 0 Å². The average Bonchev–Trinajstić information content (AvgIpc) is 2.84. The Hall–Kier alpha value is -2.97. The first-order valence-electron chi connectivity index (χ1n) is 11.8. The second kappa shape index (κ2) is 11.9. The molecular formula is C26H36N4O4. The van der Waals surface area contributed by atoms with Crippen molar-refractivity contribution in [3.8, 4) is 5.75 Å². The van der Waals surface area contributed by atoms with Crippen LogP contribution in [0.4, 0.5) is 5.69 Å².